The molecule has 7 nitrogen and oxygen atoms in total. The van der Waals surface area contributed by atoms with E-state index in [2.05, 4.69) is 31.0 Å². The summed E-state index contributed by atoms with van der Waals surface area (Å²) in [6.07, 6.45) is 3.70. The van der Waals surface area contributed by atoms with E-state index in [1.807, 2.05) is 97.2 Å². The maximum absolute atomic E-state index is 12.5. The molecule has 0 aliphatic carbocycles. The van der Waals surface area contributed by atoms with Gasteiger partial charge in [-0.25, -0.2) is 0 Å². The van der Waals surface area contributed by atoms with Crippen LogP contribution in [0.4, 0.5) is 17.1 Å². The van der Waals surface area contributed by atoms with E-state index in [1.54, 1.807) is 0 Å². The first-order chi connectivity index (χ1) is 16.7. The van der Waals surface area contributed by atoms with Crippen LogP contribution >= 0.6 is 0 Å². The van der Waals surface area contributed by atoms with Crippen molar-refractivity contribution < 1.29 is 4.79 Å². The maximum Gasteiger partial charge on any atom is 0.256 e. The smallest absolute Gasteiger partial charge is 0.256 e. The lowest BCUT2D eigenvalue weighted by Gasteiger charge is -2.10. The van der Waals surface area contributed by atoms with Crippen LogP contribution in [0.1, 0.15) is 11.3 Å². The van der Waals surface area contributed by atoms with Gasteiger partial charge >= 0.3 is 0 Å². The van der Waals surface area contributed by atoms with Crippen LogP contribution in [0.15, 0.2) is 91.1 Å². The second-order valence-electron chi connectivity index (χ2n) is 7.99. The van der Waals surface area contributed by atoms with Gasteiger partial charge in [-0.3, -0.25) is 4.79 Å². The second kappa shape index (κ2) is 8.22. The van der Waals surface area contributed by atoms with Crippen molar-refractivity contribution in [2.75, 3.05) is 10.6 Å². The minimum Gasteiger partial charge on any atom is -0.362 e. The van der Waals surface area contributed by atoms with Gasteiger partial charge in [0.15, 0.2) is 0 Å². The number of anilines is 3. The number of carbonyl (C=O) groups is 1. The molecule has 0 bridgehead atoms. The van der Waals surface area contributed by atoms with Crippen molar-refractivity contribution in [2.45, 2.75) is 0 Å². The van der Waals surface area contributed by atoms with E-state index in [9.17, 15) is 4.79 Å². The highest BCUT2D eigenvalue weighted by atomic mass is 16.2. The SMILES string of the molecule is O=C1Nc2cc(Nc3cccc(-c4n[nH]nc4-c4ccccc4)c3)ccc2C1=Cc1ccc[nH]1. The summed E-state index contributed by atoms with van der Waals surface area (Å²) in [5.41, 5.74) is 8.53. The number of H-pyrrole nitrogens is 2. The molecule has 2 aromatic heterocycles. The highest BCUT2D eigenvalue weighted by Crippen LogP contribution is 2.36. The van der Waals surface area contributed by atoms with E-state index in [1.165, 1.54) is 0 Å². The largest absolute Gasteiger partial charge is 0.362 e. The first-order valence-electron chi connectivity index (χ1n) is 10.9. The van der Waals surface area contributed by atoms with E-state index in [0.717, 1.165) is 50.8 Å². The van der Waals surface area contributed by atoms with Crippen LogP contribution in [0.5, 0.6) is 0 Å². The monoisotopic (exact) mass is 444 g/mol. The molecular weight excluding hydrogens is 424 g/mol. The third kappa shape index (κ3) is 3.65. The first kappa shape index (κ1) is 19.8. The van der Waals surface area contributed by atoms with Gasteiger partial charge in [-0.15, -0.1) is 0 Å². The Labute approximate surface area is 195 Å². The lowest BCUT2D eigenvalue weighted by Crippen LogP contribution is -2.03. The van der Waals surface area contributed by atoms with Crippen LogP contribution in [-0.4, -0.2) is 26.3 Å². The molecule has 7 heteroatoms. The molecule has 34 heavy (non-hydrogen) atoms. The summed E-state index contributed by atoms with van der Waals surface area (Å²) in [7, 11) is 0. The molecule has 164 valence electrons. The molecule has 0 spiro atoms. The van der Waals surface area contributed by atoms with Crippen LogP contribution in [0.25, 0.3) is 34.2 Å². The van der Waals surface area contributed by atoms with Crippen LogP contribution in [0.2, 0.25) is 0 Å². The van der Waals surface area contributed by atoms with Gasteiger partial charge in [-0.2, -0.15) is 15.4 Å². The maximum atomic E-state index is 12.5. The summed E-state index contributed by atoms with van der Waals surface area (Å²) in [6.45, 7) is 0. The summed E-state index contributed by atoms with van der Waals surface area (Å²) >= 11 is 0. The number of aromatic amines is 2. The molecule has 0 fully saturated rings. The number of nitrogens with zero attached hydrogens (tertiary/aromatic N) is 2. The number of hydrogen-bond donors (Lipinski definition) is 4. The number of carbonyl (C=O) groups excluding carboxylic acids is 1. The molecule has 3 aromatic carbocycles. The fraction of sp³-hybridized carbons (Fsp3) is 0. The van der Waals surface area contributed by atoms with Gasteiger partial charge in [0.1, 0.15) is 11.4 Å². The predicted molar refractivity (Wildman–Crippen MR) is 134 cm³/mol. The van der Waals surface area contributed by atoms with Gasteiger partial charge in [-0.05, 0) is 42.5 Å². The number of nitrogens with one attached hydrogen (secondary N) is 4. The fourth-order valence-corrected chi connectivity index (χ4v) is 4.15. The summed E-state index contributed by atoms with van der Waals surface area (Å²) in [6, 6.07) is 27.7. The molecule has 0 unspecified atom stereocenters. The van der Waals surface area contributed by atoms with E-state index < -0.39 is 0 Å². The van der Waals surface area contributed by atoms with Crippen LogP contribution in [0, 0.1) is 0 Å². The zero-order valence-electron chi connectivity index (χ0n) is 18.0. The van der Waals surface area contributed by atoms with E-state index in [-0.39, 0.29) is 5.91 Å². The number of rotatable bonds is 5. The molecule has 4 N–H and O–H groups in total. The molecular formula is C27H20N6O. The summed E-state index contributed by atoms with van der Waals surface area (Å²) < 4.78 is 0. The Morgan fingerprint density at radius 1 is 0.765 bits per heavy atom. The van der Waals surface area contributed by atoms with Crippen molar-refractivity contribution in [3.63, 3.8) is 0 Å². The standard InChI is InChI=1S/C27H20N6O/c34-27-23(15-19-10-5-13-28-19)22-12-11-21(16-24(22)30-27)29-20-9-4-8-18(14-20)26-25(31-33-32-26)17-6-2-1-3-7-17/h1-16,28-29H,(H,30,34)(H,31,32,33). The van der Waals surface area contributed by atoms with E-state index >= 15 is 0 Å². The number of amides is 1. The highest BCUT2D eigenvalue weighted by Gasteiger charge is 2.24. The number of benzene rings is 3. The zero-order valence-corrected chi connectivity index (χ0v) is 18.0. The van der Waals surface area contributed by atoms with E-state index in [4.69, 9.17) is 0 Å². The molecule has 1 amide bonds. The number of fused-ring (bicyclic) bond motifs is 1. The Balaban J connectivity index is 1.28. The Morgan fingerprint density at radius 2 is 1.56 bits per heavy atom. The average molecular weight is 444 g/mol. The molecule has 0 saturated heterocycles. The van der Waals surface area contributed by atoms with Crippen LogP contribution < -0.4 is 10.6 Å². The lowest BCUT2D eigenvalue weighted by molar-refractivity contribution is -0.110. The van der Waals surface area contributed by atoms with Gasteiger partial charge in [0.2, 0.25) is 0 Å². The first-order valence-corrected chi connectivity index (χ1v) is 10.9. The predicted octanol–water partition coefficient (Wildman–Crippen LogP) is 5.70. The zero-order chi connectivity index (χ0) is 22.9. The Hall–Kier alpha value is -4.91. The van der Waals surface area contributed by atoms with Crippen molar-refractivity contribution >= 4 is 34.6 Å². The van der Waals surface area contributed by atoms with Crippen molar-refractivity contribution in [2.24, 2.45) is 0 Å². The third-order valence-electron chi connectivity index (χ3n) is 5.74. The van der Waals surface area contributed by atoms with Crippen molar-refractivity contribution in [1.82, 2.24) is 20.4 Å². The summed E-state index contributed by atoms with van der Waals surface area (Å²) in [4.78, 5) is 15.6. The average Bonchev–Trinajstić information content (AvgIpc) is 3.61. The van der Waals surface area contributed by atoms with Crippen LogP contribution in [-0.2, 0) is 4.79 Å². The molecule has 6 rings (SSSR count). The second-order valence-corrected chi connectivity index (χ2v) is 7.99. The van der Waals surface area contributed by atoms with Crippen molar-refractivity contribution in [3.05, 3.63) is 102 Å². The minimum absolute atomic E-state index is 0.108. The quantitative estimate of drug-likeness (QED) is 0.261. The Bertz CT molecular complexity index is 1520. The number of aromatic nitrogens is 4. The van der Waals surface area contributed by atoms with Gasteiger partial charge in [0.25, 0.3) is 5.91 Å². The molecule has 5 aromatic rings. The lowest BCUT2D eigenvalue weighted by atomic mass is 10.0. The molecule has 0 saturated carbocycles. The Morgan fingerprint density at radius 3 is 2.38 bits per heavy atom. The normalized spacial score (nSPS) is 13.6. The summed E-state index contributed by atoms with van der Waals surface area (Å²) in [5, 5.41) is 17.9. The fourth-order valence-electron chi connectivity index (χ4n) is 4.15. The Kier molecular flexibility index (Phi) is 4.77. The number of hydrogen-bond acceptors (Lipinski definition) is 4. The molecule has 1 aliphatic heterocycles. The molecule has 0 atom stereocenters. The van der Waals surface area contributed by atoms with Gasteiger partial charge < -0.3 is 15.6 Å². The van der Waals surface area contributed by atoms with Crippen LogP contribution in [0.3, 0.4) is 0 Å². The molecule has 1 aliphatic rings. The topological polar surface area (TPSA) is 98.5 Å². The van der Waals surface area contributed by atoms with E-state index in [0.29, 0.717) is 5.57 Å². The van der Waals surface area contributed by atoms with Crippen molar-refractivity contribution in [1.29, 1.82) is 0 Å². The highest BCUT2D eigenvalue weighted by molar-refractivity contribution is 6.35. The van der Waals surface area contributed by atoms with Gasteiger partial charge in [0, 0.05) is 40.0 Å². The third-order valence-corrected chi connectivity index (χ3v) is 5.74. The van der Waals surface area contributed by atoms with Gasteiger partial charge in [0.05, 0.1) is 11.3 Å². The molecule has 0 radical (unpaired) electrons. The molecule has 3 heterocycles. The minimum atomic E-state index is -0.108. The van der Waals surface area contributed by atoms with Gasteiger partial charge in [-0.1, -0.05) is 48.5 Å². The van der Waals surface area contributed by atoms with Crippen molar-refractivity contribution in [3.8, 4) is 22.5 Å². The summed E-state index contributed by atoms with van der Waals surface area (Å²) in [5.74, 6) is -0.108.